The average Bonchev–Trinajstić information content (AvgIpc) is 2.89. The molecular formula is C11H7FN6. The number of hydrogen-bond donors (Lipinski definition) is 0. The molecule has 0 saturated carbocycles. The SMILES string of the molecule is Fc1cncc(-n2nnc(-c3cccnc3)n2)c1. The van der Waals surface area contributed by atoms with Gasteiger partial charge < -0.3 is 0 Å². The summed E-state index contributed by atoms with van der Waals surface area (Å²) in [5.41, 5.74) is 1.16. The second kappa shape index (κ2) is 4.28. The second-order valence-electron chi connectivity index (χ2n) is 3.51. The van der Waals surface area contributed by atoms with Gasteiger partial charge in [-0.25, -0.2) is 4.39 Å². The lowest BCUT2D eigenvalue weighted by Crippen LogP contribution is -2.00. The van der Waals surface area contributed by atoms with Gasteiger partial charge in [0.15, 0.2) is 0 Å². The average molecular weight is 242 g/mol. The van der Waals surface area contributed by atoms with E-state index in [0.717, 1.165) is 11.8 Å². The van der Waals surface area contributed by atoms with Crippen LogP contribution in [0.1, 0.15) is 0 Å². The standard InChI is InChI=1S/C11H7FN6/c12-9-4-10(7-14-6-9)18-16-11(15-17-18)8-2-1-3-13-5-8/h1-7H. The molecule has 0 radical (unpaired) electrons. The quantitative estimate of drug-likeness (QED) is 0.676. The van der Waals surface area contributed by atoms with Crippen molar-refractivity contribution in [2.45, 2.75) is 0 Å². The van der Waals surface area contributed by atoms with Crippen LogP contribution in [0.4, 0.5) is 4.39 Å². The molecule has 0 spiro atoms. The van der Waals surface area contributed by atoms with Gasteiger partial charge in [-0.05, 0) is 17.3 Å². The Morgan fingerprint density at radius 2 is 2.06 bits per heavy atom. The lowest BCUT2D eigenvalue weighted by atomic mass is 10.3. The number of nitrogens with zero attached hydrogens (tertiary/aromatic N) is 6. The number of rotatable bonds is 2. The third-order valence-electron chi connectivity index (χ3n) is 2.25. The summed E-state index contributed by atoms with van der Waals surface area (Å²) in [6, 6.07) is 4.87. The normalized spacial score (nSPS) is 10.5. The molecule has 3 heterocycles. The summed E-state index contributed by atoms with van der Waals surface area (Å²) in [4.78, 5) is 8.92. The minimum absolute atomic E-state index is 0.414. The first-order valence-electron chi connectivity index (χ1n) is 5.14. The highest BCUT2D eigenvalue weighted by molar-refractivity contribution is 5.51. The molecule has 3 aromatic heterocycles. The van der Waals surface area contributed by atoms with Gasteiger partial charge >= 0.3 is 0 Å². The molecule has 18 heavy (non-hydrogen) atoms. The highest BCUT2D eigenvalue weighted by atomic mass is 19.1. The van der Waals surface area contributed by atoms with Gasteiger partial charge in [0, 0.05) is 24.0 Å². The summed E-state index contributed by atoms with van der Waals surface area (Å²) >= 11 is 0. The van der Waals surface area contributed by atoms with E-state index >= 15 is 0 Å². The first kappa shape index (κ1) is 10.5. The fourth-order valence-electron chi connectivity index (χ4n) is 1.44. The fourth-order valence-corrected chi connectivity index (χ4v) is 1.44. The summed E-state index contributed by atoms with van der Waals surface area (Å²) < 4.78 is 13.0. The number of halogens is 1. The predicted molar refractivity (Wildman–Crippen MR) is 60.1 cm³/mol. The molecule has 0 fully saturated rings. The van der Waals surface area contributed by atoms with Crippen molar-refractivity contribution < 1.29 is 4.39 Å². The summed E-state index contributed by atoms with van der Waals surface area (Å²) in [5, 5.41) is 11.9. The third kappa shape index (κ3) is 1.93. The van der Waals surface area contributed by atoms with Gasteiger partial charge in [-0.1, -0.05) is 0 Å². The molecule has 3 aromatic rings. The first-order valence-corrected chi connectivity index (χ1v) is 5.14. The van der Waals surface area contributed by atoms with Gasteiger partial charge in [-0.2, -0.15) is 0 Å². The molecule has 0 amide bonds. The van der Waals surface area contributed by atoms with E-state index in [-0.39, 0.29) is 0 Å². The minimum Gasteiger partial charge on any atom is -0.264 e. The Morgan fingerprint density at radius 1 is 1.11 bits per heavy atom. The molecule has 0 saturated heterocycles. The fraction of sp³-hybridized carbons (Fsp3) is 0. The Hall–Kier alpha value is -2.70. The van der Waals surface area contributed by atoms with Crippen molar-refractivity contribution in [3.8, 4) is 17.1 Å². The minimum atomic E-state index is -0.451. The Morgan fingerprint density at radius 3 is 2.83 bits per heavy atom. The first-order chi connectivity index (χ1) is 8.83. The van der Waals surface area contributed by atoms with Crippen molar-refractivity contribution >= 4 is 0 Å². The van der Waals surface area contributed by atoms with Crippen LogP contribution in [-0.4, -0.2) is 30.2 Å². The number of pyridine rings is 2. The highest BCUT2D eigenvalue weighted by Crippen LogP contribution is 2.12. The number of aromatic nitrogens is 6. The zero-order valence-corrected chi connectivity index (χ0v) is 9.10. The predicted octanol–water partition coefficient (Wildman–Crippen LogP) is 1.26. The van der Waals surface area contributed by atoms with Crippen LogP contribution in [0.15, 0.2) is 43.0 Å². The molecule has 0 N–H and O–H groups in total. The maximum absolute atomic E-state index is 13.0. The summed E-state index contributed by atoms with van der Waals surface area (Å²) in [7, 11) is 0. The molecular weight excluding hydrogens is 235 g/mol. The van der Waals surface area contributed by atoms with Crippen LogP contribution < -0.4 is 0 Å². The lowest BCUT2D eigenvalue weighted by Gasteiger charge is -1.96. The van der Waals surface area contributed by atoms with Gasteiger partial charge in [0.05, 0.1) is 12.4 Å². The molecule has 0 aliphatic carbocycles. The van der Waals surface area contributed by atoms with Gasteiger partial charge in [-0.3, -0.25) is 9.97 Å². The van der Waals surface area contributed by atoms with Crippen LogP contribution >= 0.6 is 0 Å². The molecule has 0 aliphatic heterocycles. The molecule has 0 atom stereocenters. The van der Waals surface area contributed by atoms with E-state index in [2.05, 4.69) is 25.4 Å². The Bertz CT molecular complexity index is 666. The topological polar surface area (TPSA) is 69.4 Å². The summed E-state index contributed by atoms with van der Waals surface area (Å²) in [5.74, 6) is -0.0277. The molecule has 0 aromatic carbocycles. The van der Waals surface area contributed by atoms with Crippen LogP contribution in [0.25, 0.3) is 17.1 Å². The van der Waals surface area contributed by atoms with E-state index in [1.807, 2.05) is 6.07 Å². The Kier molecular flexibility index (Phi) is 2.49. The van der Waals surface area contributed by atoms with Crippen LogP contribution in [0.2, 0.25) is 0 Å². The number of tetrazole rings is 1. The van der Waals surface area contributed by atoms with Crippen LogP contribution in [0, 0.1) is 5.82 Å². The van der Waals surface area contributed by atoms with Gasteiger partial charge in [0.1, 0.15) is 11.5 Å². The molecule has 88 valence electrons. The molecule has 3 rings (SSSR count). The van der Waals surface area contributed by atoms with Crippen molar-refractivity contribution in [3.05, 3.63) is 48.8 Å². The zero-order valence-electron chi connectivity index (χ0n) is 9.10. The van der Waals surface area contributed by atoms with Gasteiger partial charge in [0.25, 0.3) is 0 Å². The van der Waals surface area contributed by atoms with Crippen LogP contribution in [-0.2, 0) is 0 Å². The van der Waals surface area contributed by atoms with Gasteiger partial charge in [-0.15, -0.1) is 15.0 Å². The molecule has 6 nitrogen and oxygen atoms in total. The smallest absolute Gasteiger partial charge is 0.206 e. The second-order valence-corrected chi connectivity index (χ2v) is 3.51. The Balaban J connectivity index is 2.00. The van der Waals surface area contributed by atoms with Crippen molar-refractivity contribution in [1.82, 2.24) is 30.2 Å². The summed E-state index contributed by atoms with van der Waals surface area (Å²) in [6.07, 6.45) is 5.86. The highest BCUT2D eigenvalue weighted by Gasteiger charge is 2.07. The molecule has 0 aliphatic rings. The van der Waals surface area contributed by atoms with Crippen LogP contribution in [0.5, 0.6) is 0 Å². The van der Waals surface area contributed by atoms with E-state index < -0.39 is 5.82 Å². The molecule has 7 heteroatoms. The Labute approximate surface area is 101 Å². The third-order valence-corrected chi connectivity index (χ3v) is 2.25. The molecule has 0 bridgehead atoms. The van der Waals surface area contributed by atoms with Crippen molar-refractivity contribution in [2.24, 2.45) is 0 Å². The monoisotopic (exact) mass is 242 g/mol. The van der Waals surface area contributed by atoms with Crippen LogP contribution in [0.3, 0.4) is 0 Å². The van der Waals surface area contributed by atoms with Gasteiger partial charge in [0.2, 0.25) is 5.82 Å². The maximum atomic E-state index is 13.0. The van der Waals surface area contributed by atoms with Crippen molar-refractivity contribution in [3.63, 3.8) is 0 Å². The lowest BCUT2D eigenvalue weighted by molar-refractivity contribution is 0.613. The van der Waals surface area contributed by atoms with E-state index in [1.165, 1.54) is 17.1 Å². The summed E-state index contributed by atoms with van der Waals surface area (Å²) in [6.45, 7) is 0. The maximum Gasteiger partial charge on any atom is 0.206 e. The van der Waals surface area contributed by atoms with E-state index in [1.54, 1.807) is 18.5 Å². The van der Waals surface area contributed by atoms with Crippen molar-refractivity contribution in [2.75, 3.05) is 0 Å². The van der Waals surface area contributed by atoms with E-state index in [4.69, 9.17) is 0 Å². The molecule has 0 unspecified atom stereocenters. The van der Waals surface area contributed by atoms with Crippen molar-refractivity contribution in [1.29, 1.82) is 0 Å². The van der Waals surface area contributed by atoms with E-state index in [9.17, 15) is 4.39 Å². The van der Waals surface area contributed by atoms with E-state index in [0.29, 0.717) is 11.5 Å². The zero-order chi connectivity index (χ0) is 12.4. The number of hydrogen-bond acceptors (Lipinski definition) is 5. The largest absolute Gasteiger partial charge is 0.264 e.